The van der Waals surface area contributed by atoms with Gasteiger partial charge in [0.15, 0.2) is 5.96 Å². The summed E-state index contributed by atoms with van der Waals surface area (Å²) in [7, 11) is 0. The molecular weight excluding hydrogens is 329 g/mol. The molecule has 6 heteroatoms. The Morgan fingerprint density at radius 2 is 2.16 bits per heavy atom. The molecule has 98 valence electrons. The van der Waals surface area contributed by atoms with Crippen LogP contribution in [0.1, 0.15) is 10.9 Å². The van der Waals surface area contributed by atoms with Crippen molar-refractivity contribution in [1.29, 1.82) is 0 Å². The van der Waals surface area contributed by atoms with Gasteiger partial charge in [-0.25, -0.2) is 4.39 Å². The Morgan fingerprint density at radius 3 is 2.84 bits per heavy atom. The lowest BCUT2D eigenvalue weighted by Crippen LogP contribution is -2.36. The summed E-state index contributed by atoms with van der Waals surface area (Å²) in [5, 5.41) is 1.99. The summed E-state index contributed by atoms with van der Waals surface area (Å²) in [5.41, 5.74) is 6.39. The maximum absolute atomic E-state index is 14.0. The maximum atomic E-state index is 14.0. The predicted octanol–water partition coefficient (Wildman–Crippen LogP) is 3.53. The summed E-state index contributed by atoms with van der Waals surface area (Å²) in [6, 6.07) is 8.54. The lowest BCUT2D eigenvalue weighted by molar-refractivity contribution is 0.620. The van der Waals surface area contributed by atoms with Crippen LogP contribution in [0, 0.1) is 5.82 Å². The molecule has 2 N–H and O–H groups in total. The highest BCUT2D eigenvalue weighted by Gasteiger charge is 2.32. The molecule has 0 radical (unpaired) electrons. The zero-order valence-corrected chi connectivity index (χ0v) is 12.3. The van der Waals surface area contributed by atoms with Crippen molar-refractivity contribution in [3.05, 3.63) is 50.9 Å². The molecule has 0 bridgehead atoms. The van der Waals surface area contributed by atoms with Crippen LogP contribution in [0.5, 0.6) is 0 Å². The lowest BCUT2D eigenvalue weighted by Gasteiger charge is -2.26. The van der Waals surface area contributed by atoms with E-state index in [9.17, 15) is 4.39 Å². The fraction of sp³-hybridized carbons (Fsp3) is 0.154. The van der Waals surface area contributed by atoms with Crippen LogP contribution in [0.4, 0.5) is 10.1 Å². The van der Waals surface area contributed by atoms with E-state index >= 15 is 0 Å². The monoisotopic (exact) mass is 339 g/mol. The Morgan fingerprint density at radius 1 is 1.37 bits per heavy atom. The predicted molar refractivity (Wildman–Crippen MR) is 80.1 cm³/mol. The molecule has 0 saturated heterocycles. The van der Waals surface area contributed by atoms with E-state index in [-0.39, 0.29) is 11.9 Å². The zero-order valence-electron chi connectivity index (χ0n) is 9.88. The molecular formula is C13H11BrFN3S. The number of rotatable bonds is 2. The topological polar surface area (TPSA) is 41.6 Å². The van der Waals surface area contributed by atoms with Crippen LogP contribution >= 0.6 is 27.3 Å². The van der Waals surface area contributed by atoms with Gasteiger partial charge in [0, 0.05) is 9.35 Å². The fourth-order valence-electron chi connectivity index (χ4n) is 2.18. The highest BCUT2D eigenvalue weighted by atomic mass is 79.9. The zero-order chi connectivity index (χ0) is 13.4. The van der Waals surface area contributed by atoms with E-state index in [1.54, 1.807) is 34.4 Å². The van der Waals surface area contributed by atoms with Crippen LogP contribution in [0.2, 0.25) is 0 Å². The lowest BCUT2D eigenvalue weighted by atomic mass is 10.2. The largest absolute Gasteiger partial charge is 0.369 e. The normalized spacial score (nSPS) is 18.7. The maximum Gasteiger partial charge on any atom is 0.196 e. The van der Waals surface area contributed by atoms with E-state index in [1.807, 2.05) is 11.4 Å². The summed E-state index contributed by atoms with van der Waals surface area (Å²) in [6.45, 7) is 0.541. The number of hydrogen-bond donors (Lipinski definition) is 1. The minimum Gasteiger partial charge on any atom is -0.369 e. The second kappa shape index (κ2) is 4.94. The van der Waals surface area contributed by atoms with Gasteiger partial charge in [0.2, 0.25) is 0 Å². The molecule has 1 aromatic carbocycles. The second-order valence-electron chi connectivity index (χ2n) is 4.17. The number of para-hydroxylation sites is 1. The van der Waals surface area contributed by atoms with Crippen molar-refractivity contribution in [2.75, 3.05) is 11.4 Å². The van der Waals surface area contributed by atoms with Crippen molar-refractivity contribution >= 4 is 38.9 Å². The van der Waals surface area contributed by atoms with Gasteiger partial charge >= 0.3 is 0 Å². The molecule has 1 aromatic heterocycles. The Balaban J connectivity index is 2.05. The summed E-state index contributed by atoms with van der Waals surface area (Å²) in [4.78, 5) is 7.11. The van der Waals surface area contributed by atoms with E-state index < -0.39 is 0 Å². The second-order valence-corrected chi connectivity index (χ2v) is 5.97. The summed E-state index contributed by atoms with van der Waals surface area (Å²) >= 11 is 5.13. The van der Waals surface area contributed by atoms with Crippen LogP contribution in [0.15, 0.2) is 45.2 Å². The quantitative estimate of drug-likeness (QED) is 0.909. The highest BCUT2D eigenvalue weighted by Crippen LogP contribution is 2.38. The molecule has 0 fully saturated rings. The van der Waals surface area contributed by atoms with Gasteiger partial charge in [-0.1, -0.05) is 12.1 Å². The molecule has 0 aliphatic carbocycles. The molecule has 3 nitrogen and oxygen atoms in total. The van der Waals surface area contributed by atoms with Gasteiger partial charge in [0.05, 0.1) is 18.3 Å². The van der Waals surface area contributed by atoms with E-state index in [0.29, 0.717) is 18.2 Å². The highest BCUT2D eigenvalue weighted by molar-refractivity contribution is 9.10. The standard InChI is InChI=1S/C13H11BrFN3S/c14-8-5-6-19-12(8)11-7-17-13(16)18(11)10-4-2-1-3-9(10)15/h1-6,11H,7H2,(H2,16,17). The number of hydrogen-bond acceptors (Lipinski definition) is 4. The van der Waals surface area contributed by atoms with Crippen molar-refractivity contribution in [2.24, 2.45) is 10.7 Å². The summed E-state index contributed by atoms with van der Waals surface area (Å²) in [5.74, 6) is 0.0654. The molecule has 3 rings (SSSR count). The Bertz CT molecular complexity index is 640. The molecule has 1 aliphatic rings. The molecule has 1 aliphatic heterocycles. The molecule has 1 unspecified atom stereocenters. The van der Waals surface area contributed by atoms with Gasteiger partial charge < -0.3 is 5.73 Å². The van der Waals surface area contributed by atoms with Crippen LogP contribution < -0.4 is 10.6 Å². The summed E-state index contributed by atoms with van der Waals surface area (Å²) in [6.07, 6.45) is 0. The van der Waals surface area contributed by atoms with Crippen molar-refractivity contribution < 1.29 is 4.39 Å². The number of anilines is 1. The minimum absolute atomic E-state index is 0.0497. The van der Waals surface area contributed by atoms with Crippen molar-refractivity contribution in [3.8, 4) is 0 Å². The van der Waals surface area contributed by atoms with Crippen LogP contribution in [0.3, 0.4) is 0 Å². The molecule has 19 heavy (non-hydrogen) atoms. The van der Waals surface area contributed by atoms with E-state index in [0.717, 1.165) is 9.35 Å². The average Bonchev–Trinajstić information content (AvgIpc) is 2.96. The number of aliphatic imine (C=N–C) groups is 1. The molecule has 0 saturated carbocycles. The number of guanidine groups is 1. The average molecular weight is 340 g/mol. The third kappa shape index (κ3) is 2.15. The molecule has 0 spiro atoms. The Labute approximate surface area is 122 Å². The van der Waals surface area contributed by atoms with Gasteiger partial charge in [0.1, 0.15) is 5.82 Å². The third-order valence-electron chi connectivity index (χ3n) is 3.04. The number of thiophene rings is 1. The molecule has 0 amide bonds. The van der Waals surface area contributed by atoms with Crippen LogP contribution in [-0.2, 0) is 0 Å². The van der Waals surface area contributed by atoms with Crippen LogP contribution in [0.25, 0.3) is 0 Å². The summed E-state index contributed by atoms with van der Waals surface area (Å²) < 4.78 is 15.0. The van der Waals surface area contributed by atoms with E-state index in [2.05, 4.69) is 20.9 Å². The Hall–Kier alpha value is -1.40. The van der Waals surface area contributed by atoms with E-state index in [4.69, 9.17) is 5.73 Å². The first kappa shape index (κ1) is 12.6. The molecule has 2 heterocycles. The number of halogens is 2. The first-order valence-electron chi connectivity index (χ1n) is 5.75. The first-order chi connectivity index (χ1) is 9.18. The van der Waals surface area contributed by atoms with Gasteiger partial charge in [-0.15, -0.1) is 11.3 Å². The SMILES string of the molecule is NC1=NCC(c2sccc2Br)N1c1ccccc1F. The van der Waals surface area contributed by atoms with Gasteiger partial charge in [-0.2, -0.15) is 0 Å². The van der Waals surface area contributed by atoms with Crippen molar-refractivity contribution in [2.45, 2.75) is 6.04 Å². The number of benzene rings is 1. The van der Waals surface area contributed by atoms with Crippen LogP contribution in [-0.4, -0.2) is 12.5 Å². The smallest absolute Gasteiger partial charge is 0.196 e. The Kier molecular flexibility index (Phi) is 3.28. The van der Waals surface area contributed by atoms with Crippen molar-refractivity contribution in [3.63, 3.8) is 0 Å². The molecule has 1 atom stereocenters. The van der Waals surface area contributed by atoms with Gasteiger partial charge in [0.25, 0.3) is 0 Å². The molecule has 2 aromatic rings. The fourth-order valence-corrected chi connectivity index (χ4v) is 3.90. The number of nitrogens with two attached hydrogens (primary N) is 1. The van der Waals surface area contributed by atoms with Crippen molar-refractivity contribution in [1.82, 2.24) is 0 Å². The number of nitrogens with zero attached hydrogens (tertiary/aromatic N) is 2. The van der Waals surface area contributed by atoms with Gasteiger partial charge in [-0.05, 0) is 39.5 Å². The van der Waals surface area contributed by atoms with E-state index in [1.165, 1.54) is 6.07 Å². The third-order valence-corrected chi connectivity index (χ3v) is 5.02. The van der Waals surface area contributed by atoms with Gasteiger partial charge in [-0.3, -0.25) is 9.89 Å². The minimum atomic E-state index is -0.291. The first-order valence-corrected chi connectivity index (χ1v) is 7.42.